The van der Waals surface area contributed by atoms with Gasteiger partial charge in [0.15, 0.2) is 0 Å². The van der Waals surface area contributed by atoms with E-state index in [1.54, 1.807) is 14.2 Å². The van der Waals surface area contributed by atoms with Gasteiger partial charge in [0.05, 0.1) is 13.2 Å². The molecule has 0 aliphatic heterocycles. The average molecular weight is 237 g/mol. The predicted molar refractivity (Wildman–Crippen MR) is 70.3 cm³/mol. The van der Waals surface area contributed by atoms with Crippen LogP contribution < -0.4 is 10.5 Å². The summed E-state index contributed by atoms with van der Waals surface area (Å²) >= 11 is 0. The Hall–Kier alpha value is -1.06. The van der Waals surface area contributed by atoms with Crippen molar-refractivity contribution in [2.45, 2.75) is 25.9 Å². The molecular weight excluding hydrogens is 214 g/mol. The van der Waals surface area contributed by atoms with Crippen molar-refractivity contribution in [2.24, 2.45) is 11.7 Å². The van der Waals surface area contributed by atoms with Gasteiger partial charge in [0.2, 0.25) is 0 Å². The molecule has 2 atom stereocenters. The van der Waals surface area contributed by atoms with Crippen LogP contribution in [-0.2, 0) is 11.2 Å². The quantitative estimate of drug-likeness (QED) is 0.791. The predicted octanol–water partition coefficient (Wildman–Crippen LogP) is 2.24. The molecule has 0 saturated heterocycles. The van der Waals surface area contributed by atoms with Crippen LogP contribution in [-0.4, -0.2) is 26.9 Å². The van der Waals surface area contributed by atoms with Gasteiger partial charge in [-0.2, -0.15) is 0 Å². The van der Waals surface area contributed by atoms with Crippen molar-refractivity contribution in [1.82, 2.24) is 0 Å². The molecule has 0 aliphatic carbocycles. The standard InChI is InChI=1S/C14H23NO2/c1-11(16-2)8-12(10-15)9-13-6-4-5-7-14(13)17-3/h4-7,11-12H,8-10,15H2,1-3H3. The highest BCUT2D eigenvalue weighted by Gasteiger charge is 2.14. The normalized spacial score (nSPS) is 14.4. The SMILES string of the molecule is COc1ccccc1CC(CN)CC(C)OC. The monoisotopic (exact) mass is 237 g/mol. The second-order valence-electron chi connectivity index (χ2n) is 4.40. The molecule has 3 heteroatoms. The van der Waals surface area contributed by atoms with Gasteiger partial charge < -0.3 is 15.2 Å². The molecule has 1 aromatic rings. The molecule has 96 valence electrons. The van der Waals surface area contributed by atoms with E-state index in [9.17, 15) is 0 Å². The van der Waals surface area contributed by atoms with E-state index >= 15 is 0 Å². The maximum Gasteiger partial charge on any atom is 0.122 e. The molecule has 0 bridgehead atoms. The first-order valence-corrected chi connectivity index (χ1v) is 6.06. The second-order valence-corrected chi connectivity index (χ2v) is 4.40. The third-order valence-electron chi connectivity index (χ3n) is 3.10. The zero-order valence-corrected chi connectivity index (χ0v) is 11.0. The van der Waals surface area contributed by atoms with E-state index in [0.29, 0.717) is 12.5 Å². The first-order valence-electron chi connectivity index (χ1n) is 6.06. The Morgan fingerprint density at radius 3 is 2.53 bits per heavy atom. The first-order chi connectivity index (χ1) is 8.21. The zero-order chi connectivity index (χ0) is 12.7. The number of ether oxygens (including phenoxy) is 2. The summed E-state index contributed by atoms with van der Waals surface area (Å²) in [6, 6.07) is 8.10. The number of hydrogen-bond acceptors (Lipinski definition) is 3. The summed E-state index contributed by atoms with van der Waals surface area (Å²) in [5.74, 6) is 1.37. The maximum atomic E-state index is 5.82. The summed E-state index contributed by atoms with van der Waals surface area (Å²) in [6.45, 7) is 2.75. The zero-order valence-electron chi connectivity index (χ0n) is 11.0. The molecule has 0 amide bonds. The highest BCUT2D eigenvalue weighted by molar-refractivity contribution is 5.33. The Kier molecular flexibility index (Phi) is 6.01. The molecule has 3 nitrogen and oxygen atoms in total. The molecule has 2 unspecified atom stereocenters. The molecule has 0 spiro atoms. The lowest BCUT2D eigenvalue weighted by atomic mass is 9.93. The third kappa shape index (κ3) is 4.36. The van der Waals surface area contributed by atoms with E-state index in [-0.39, 0.29) is 6.10 Å². The molecule has 0 heterocycles. The van der Waals surface area contributed by atoms with Gasteiger partial charge in [0, 0.05) is 7.11 Å². The van der Waals surface area contributed by atoms with E-state index in [4.69, 9.17) is 15.2 Å². The highest BCUT2D eigenvalue weighted by Crippen LogP contribution is 2.22. The van der Waals surface area contributed by atoms with Crippen molar-refractivity contribution in [1.29, 1.82) is 0 Å². The summed E-state index contributed by atoms with van der Waals surface area (Å²) in [4.78, 5) is 0. The average Bonchev–Trinajstić information content (AvgIpc) is 2.38. The van der Waals surface area contributed by atoms with Gasteiger partial charge in [-0.25, -0.2) is 0 Å². The van der Waals surface area contributed by atoms with Crippen LogP contribution in [0.5, 0.6) is 5.75 Å². The molecule has 0 fully saturated rings. The number of para-hydroxylation sites is 1. The molecule has 17 heavy (non-hydrogen) atoms. The number of hydrogen-bond donors (Lipinski definition) is 1. The molecule has 1 rings (SSSR count). The molecule has 0 aromatic heterocycles. The van der Waals surface area contributed by atoms with Gasteiger partial charge in [-0.1, -0.05) is 18.2 Å². The minimum absolute atomic E-state index is 0.248. The van der Waals surface area contributed by atoms with E-state index in [2.05, 4.69) is 13.0 Å². The summed E-state index contributed by atoms with van der Waals surface area (Å²) < 4.78 is 10.6. The Labute approximate surface area is 104 Å². The van der Waals surface area contributed by atoms with Gasteiger partial charge >= 0.3 is 0 Å². The largest absolute Gasteiger partial charge is 0.496 e. The smallest absolute Gasteiger partial charge is 0.122 e. The first kappa shape index (κ1) is 14.0. The van der Waals surface area contributed by atoms with Crippen LogP contribution in [0, 0.1) is 5.92 Å². The van der Waals surface area contributed by atoms with E-state index in [0.717, 1.165) is 18.6 Å². The van der Waals surface area contributed by atoms with Crippen molar-refractivity contribution in [2.75, 3.05) is 20.8 Å². The van der Waals surface area contributed by atoms with Crippen LogP contribution in [0.1, 0.15) is 18.9 Å². The topological polar surface area (TPSA) is 44.5 Å². The van der Waals surface area contributed by atoms with Crippen LogP contribution in [0.15, 0.2) is 24.3 Å². The lowest BCUT2D eigenvalue weighted by molar-refractivity contribution is 0.0958. The number of benzene rings is 1. The summed E-state index contributed by atoms with van der Waals surface area (Å²) in [5.41, 5.74) is 7.04. The fourth-order valence-corrected chi connectivity index (χ4v) is 2.01. The number of nitrogens with two attached hydrogens (primary N) is 1. The fraction of sp³-hybridized carbons (Fsp3) is 0.571. The van der Waals surface area contributed by atoms with Crippen molar-refractivity contribution in [3.63, 3.8) is 0 Å². The Bertz CT molecular complexity index is 328. The summed E-state index contributed by atoms with van der Waals surface area (Å²) in [6.07, 6.45) is 2.16. The van der Waals surface area contributed by atoms with Gasteiger partial charge in [0.25, 0.3) is 0 Å². The van der Waals surface area contributed by atoms with Crippen LogP contribution in [0.3, 0.4) is 0 Å². The van der Waals surface area contributed by atoms with Crippen molar-refractivity contribution in [3.05, 3.63) is 29.8 Å². The highest BCUT2D eigenvalue weighted by atomic mass is 16.5. The Morgan fingerprint density at radius 1 is 1.24 bits per heavy atom. The summed E-state index contributed by atoms with van der Waals surface area (Å²) in [7, 11) is 3.44. The molecule has 1 aromatic carbocycles. The fourth-order valence-electron chi connectivity index (χ4n) is 2.01. The number of methoxy groups -OCH3 is 2. The third-order valence-corrected chi connectivity index (χ3v) is 3.10. The molecular formula is C14H23NO2. The van der Waals surface area contributed by atoms with Gasteiger partial charge in [-0.3, -0.25) is 0 Å². The van der Waals surface area contributed by atoms with Crippen LogP contribution in [0.25, 0.3) is 0 Å². The number of rotatable bonds is 7. The van der Waals surface area contributed by atoms with Crippen molar-refractivity contribution < 1.29 is 9.47 Å². The van der Waals surface area contributed by atoms with Gasteiger partial charge in [-0.05, 0) is 43.9 Å². The van der Waals surface area contributed by atoms with Crippen molar-refractivity contribution >= 4 is 0 Å². The maximum absolute atomic E-state index is 5.82. The van der Waals surface area contributed by atoms with Crippen LogP contribution in [0.4, 0.5) is 0 Å². The minimum atomic E-state index is 0.248. The van der Waals surface area contributed by atoms with E-state index in [1.807, 2.05) is 18.2 Å². The Morgan fingerprint density at radius 2 is 1.94 bits per heavy atom. The Balaban J connectivity index is 2.66. The van der Waals surface area contributed by atoms with Gasteiger partial charge in [-0.15, -0.1) is 0 Å². The second kappa shape index (κ2) is 7.30. The van der Waals surface area contributed by atoms with Crippen LogP contribution >= 0.6 is 0 Å². The molecule has 0 radical (unpaired) electrons. The molecule has 0 aliphatic rings. The van der Waals surface area contributed by atoms with Crippen molar-refractivity contribution in [3.8, 4) is 5.75 Å². The van der Waals surface area contributed by atoms with E-state index < -0.39 is 0 Å². The lowest BCUT2D eigenvalue weighted by Crippen LogP contribution is -2.22. The molecule has 2 N–H and O–H groups in total. The summed E-state index contributed by atoms with van der Waals surface area (Å²) in [5, 5.41) is 0. The van der Waals surface area contributed by atoms with Gasteiger partial charge in [0.1, 0.15) is 5.75 Å². The van der Waals surface area contributed by atoms with Crippen LogP contribution in [0.2, 0.25) is 0 Å². The molecule has 0 saturated carbocycles. The minimum Gasteiger partial charge on any atom is -0.496 e. The lowest BCUT2D eigenvalue weighted by Gasteiger charge is -2.19. The van der Waals surface area contributed by atoms with E-state index in [1.165, 1.54) is 5.56 Å².